The van der Waals surface area contributed by atoms with Crippen LogP contribution in [0.5, 0.6) is 0 Å². The van der Waals surface area contributed by atoms with Crippen molar-refractivity contribution in [2.45, 2.75) is 115 Å². The maximum absolute atomic E-state index is 5.86. The maximum Gasteiger partial charge on any atom is 0.237 e. The Labute approximate surface area is 165 Å². The predicted molar refractivity (Wildman–Crippen MR) is 116 cm³/mol. The van der Waals surface area contributed by atoms with Crippen molar-refractivity contribution in [3.05, 3.63) is 0 Å². The van der Waals surface area contributed by atoms with Crippen molar-refractivity contribution in [3.8, 4) is 0 Å². The minimum Gasteiger partial charge on any atom is -0.150 e. The van der Waals surface area contributed by atoms with E-state index in [0.29, 0.717) is 0 Å². The molecule has 0 aromatic rings. The molecule has 0 amide bonds. The van der Waals surface area contributed by atoms with E-state index in [1.807, 2.05) is 0 Å². The number of unbranched alkanes of at least 4 members (excludes halogenated alkanes) is 16. The van der Waals surface area contributed by atoms with Crippen molar-refractivity contribution in [1.29, 1.82) is 0 Å². The van der Waals surface area contributed by atoms with Gasteiger partial charge in [-0.2, -0.15) is 22.2 Å². The number of hydrogen-bond donors (Lipinski definition) is 0. The van der Waals surface area contributed by atoms with E-state index in [0.717, 1.165) is 6.04 Å². The third-order valence-corrected chi connectivity index (χ3v) is 7.27. The molecule has 0 aliphatic heterocycles. The van der Waals surface area contributed by atoms with Gasteiger partial charge in [0.1, 0.15) is 0 Å². The van der Waals surface area contributed by atoms with Crippen LogP contribution in [0, 0.1) is 0 Å². The molecule has 0 atom stereocenters. The molecule has 0 heterocycles. The molecule has 0 N–H and O–H groups in total. The lowest BCUT2D eigenvalue weighted by molar-refractivity contribution is 0.529. The van der Waals surface area contributed by atoms with E-state index < -0.39 is 7.42 Å². The lowest BCUT2D eigenvalue weighted by atomic mass is 10.0. The predicted octanol–water partition coefficient (Wildman–Crippen LogP) is 8.71. The standard InChI is InChI=1S/C19H39BrCl2Si/c20-18-16-14-12-10-8-6-4-2-1-3-5-7-9-11-13-15-17-19-23(21)22/h23H,1-19H2. The molecule has 0 unspecified atom stereocenters. The smallest absolute Gasteiger partial charge is 0.150 e. The molecule has 0 fully saturated rings. The van der Waals surface area contributed by atoms with Crippen molar-refractivity contribution in [2.24, 2.45) is 0 Å². The minimum absolute atomic E-state index is 1.10. The third kappa shape index (κ3) is 23.3. The zero-order valence-corrected chi connectivity index (χ0v) is 19.4. The van der Waals surface area contributed by atoms with Crippen molar-refractivity contribution in [2.75, 3.05) is 5.33 Å². The monoisotopic (exact) mass is 444 g/mol. The van der Waals surface area contributed by atoms with E-state index in [-0.39, 0.29) is 0 Å². The van der Waals surface area contributed by atoms with Gasteiger partial charge in [0, 0.05) is 5.33 Å². The quantitative estimate of drug-likeness (QED) is 0.0806. The number of hydrogen-bond acceptors (Lipinski definition) is 0. The first kappa shape index (κ1) is 24.3. The summed E-state index contributed by atoms with van der Waals surface area (Å²) in [5.41, 5.74) is 0. The highest BCUT2D eigenvalue weighted by molar-refractivity contribution is 9.09. The Bertz CT molecular complexity index is 216. The van der Waals surface area contributed by atoms with E-state index in [4.69, 9.17) is 22.2 Å². The Morgan fingerprint density at radius 2 is 0.696 bits per heavy atom. The summed E-state index contributed by atoms with van der Waals surface area (Å²) in [6, 6.07) is 1.10. The highest BCUT2D eigenvalue weighted by Gasteiger charge is 2.00. The van der Waals surface area contributed by atoms with Crippen LogP contribution >= 0.6 is 38.1 Å². The summed E-state index contributed by atoms with van der Waals surface area (Å²) in [5, 5.41) is 1.18. The lowest BCUT2D eigenvalue weighted by Gasteiger charge is -2.04. The molecule has 23 heavy (non-hydrogen) atoms. The summed E-state index contributed by atoms with van der Waals surface area (Å²) in [6.45, 7) is 0. The van der Waals surface area contributed by atoms with Crippen LogP contribution in [0.4, 0.5) is 0 Å². The summed E-state index contributed by atoms with van der Waals surface area (Å²) in [7, 11) is -1.32. The highest BCUT2D eigenvalue weighted by atomic mass is 79.9. The third-order valence-electron chi connectivity index (χ3n) is 4.56. The van der Waals surface area contributed by atoms with Gasteiger partial charge in [-0.25, -0.2) is 0 Å². The molecule has 0 rings (SSSR count). The van der Waals surface area contributed by atoms with Gasteiger partial charge in [-0.3, -0.25) is 0 Å². The summed E-state index contributed by atoms with van der Waals surface area (Å²) < 4.78 is 0. The number of halogens is 3. The van der Waals surface area contributed by atoms with Gasteiger partial charge in [-0.1, -0.05) is 119 Å². The van der Waals surface area contributed by atoms with Crippen LogP contribution in [0.15, 0.2) is 0 Å². The molecular formula is C19H39BrCl2Si. The van der Waals surface area contributed by atoms with E-state index in [9.17, 15) is 0 Å². The Balaban J connectivity index is 2.95. The zero-order valence-electron chi connectivity index (χ0n) is 15.1. The molecule has 0 aliphatic carbocycles. The Morgan fingerprint density at radius 1 is 0.435 bits per heavy atom. The normalized spacial score (nSPS) is 11.5. The largest absolute Gasteiger partial charge is 0.237 e. The molecule has 0 nitrogen and oxygen atoms in total. The zero-order chi connectivity index (χ0) is 17.0. The second-order valence-electron chi connectivity index (χ2n) is 6.88. The SMILES string of the molecule is Cl[SiH](Cl)CCCCCCCCCCCCCCCCCCCBr. The average molecular weight is 446 g/mol. The van der Waals surface area contributed by atoms with Crippen LogP contribution in [0.25, 0.3) is 0 Å². The Hall–Kier alpha value is 1.28. The summed E-state index contributed by atoms with van der Waals surface area (Å²) in [4.78, 5) is 0. The van der Waals surface area contributed by atoms with Gasteiger partial charge in [-0.15, -0.1) is 0 Å². The molecule has 0 saturated heterocycles. The van der Waals surface area contributed by atoms with Gasteiger partial charge >= 0.3 is 0 Å². The summed E-state index contributed by atoms with van der Waals surface area (Å²) in [5.74, 6) is 0. The first-order valence-corrected chi connectivity index (χ1v) is 15.5. The minimum atomic E-state index is -1.32. The van der Waals surface area contributed by atoms with Gasteiger partial charge in [0.2, 0.25) is 7.42 Å². The topological polar surface area (TPSA) is 0 Å². The van der Waals surface area contributed by atoms with Crippen LogP contribution in [-0.4, -0.2) is 12.7 Å². The fraction of sp³-hybridized carbons (Fsp3) is 1.00. The lowest BCUT2D eigenvalue weighted by Crippen LogP contribution is -1.91. The first-order valence-electron chi connectivity index (χ1n) is 10.1. The van der Waals surface area contributed by atoms with Crippen molar-refractivity contribution in [3.63, 3.8) is 0 Å². The van der Waals surface area contributed by atoms with Crippen molar-refractivity contribution < 1.29 is 0 Å². The highest BCUT2D eigenvalue weighted by Crippen LogP contribution is 2.15. The van der Waals surface area contributed by atoms with E-state index in [1.54, 1.807) is 0 Å². The summed E-state index contributed by atoms with van der Waals surface area (Å²) >= 11 is 15.2. The molecule has 0 aromatic carbocycles. The van der Waals surface area contributed by atoms with E-state index >= 15 is 0 Å². The molecule has 0 radical (unpaired) electrons. The fourth-order valence-corrected chi connectivity index (χ4v) is 4.96. The summed E-state index contributed by atoms with van der Waals surface area (Å²) in [6.07, 6.45) is 24.1. The second-order valence-corrected chi connectivity index (χ2v) is 12.9. The fourth-order valence-electron chi connectivity index (χ4n) is 3.04. The molecule has 4 heteroatoms. The molecule has 0 saturated carbocycles. The molecule has 0 spiro atoms. The van der Waals surface area contributed by atoms with E-state index in [1.165, 1.54) is 114 Å². The average Bonchev–Trinajstić information content (AvgIpc) is 2.53. The number of alkyl halides is 1. The van der Waals surface area contributed by atoms with Crippen LogP contribution < -0.4 is 0 Å². The Morgan fingerprint density at radius 3 is 0.957 bits per heavy atom. The van der Waals surface area contributed by atoms with Crippen molar-refractivity contribution >= 4 is 45.5 Å². The van der Waals surface area contributed by atoms with Crippen LogP contribution in [0.2, 0.25) is 6.04 Å². The molecule has 0 aromatic heterocycles. The van der Waals surface area contributed by atoms with Crippen LogP contribution in [0.3, 0.4) is 0 Å². The van der Waals surface area contributed by atoms with Gasteiger partial charge in [0.15, 0.2) is 0 Å². The van der Waals surface area contributed by atoms with Gasteiger partial charge in [0.25, 0.3) is 0 Å². The van der Waals surface area contributed by atoms with E-state index in [2.05, 4.69) is 15.9 Å². The maximum atomic E-state index is 5.86. The first-order chi connectivity index (χ1) is 11.3. The Kier molecular flexibility index (Phi) is 22.5. The van der Waals surface area contributed by atoms with Gasteiger partial charge in [0.05, 0.1) is 0 Å². The van der Waals surface area contributed by atoms with Crippen molar-refractivity contribution in [1.82, 2.24) is 0 Å². The van der Waals surface area contributed by atoms with Gasteiger partial charge < -0.3 is 0 Å². The van der Waals surface area contributed by atoms with Gasteiger partial charge in [-0.05, 0) is 12.5 Å². The molecule has 0 bridgehead atoms. The molecule has 0 aliphatic rings. The molecule has 140 valence electrons. The molecular weight excluding hydrogens is 407 g/mol. The van der Waals surface area contributed by atoms with Crippen LogP contribution in [-0.2, 0) is 0 Å². The second kappa shape index (κ2) is 21.3. The number of rotatable bonds is 19. The van der Waals surface area contributed by atoms with Crippen LogP contribution in [0.1, 0.15) is 109 Å².